The Bertz CT molecular complexity index is 551. The molecule has 116 valence electrons. The van der Waals surface area contributed by atoms with Crippen molar-refractivity contribution in [2.24, 2.45) is 0 Å². The second-order valence-electron chi connectivity index (χ2n) is 5.26. The second-order valence-corrected chi connectivity index (χ2v) is 5.26. The van der Waals surface area contributed by atoms with E-state index in [1.807, 2.05) is 24.0 Å². The highest BCUT2D eigenvalue weighted by molar-refractivity contribution is 5.00. The first-order chi connectivity index (χ1) is 10.1. The summed E-state index contributed by atoms with van der Waals surface area (Å²) in [6, 6.07) is 0.480. The normalized spacial score (nSPS) is 14.3. The lowest BCUT2D eigenvalue weighted by Crippen LogP contribution is -2.33. The predicted molar refractivity (Wildman–Crippen MR) is 77.9 cm³/mol. The molecule has 0 bridgehead atoms. The summed E-state index contributed by atoms with van der Waals surface area (Å²) in [4.78, 5) is 4.31. The van der Waals surface area contributed by atoms with Gasteiger partial charge in [0.2, 0.25) is 5.89 Å². The lowest BCUT2D eigenvalue weighted by Gasteiger charge is -2.20. The van der Waals surface area contributed by atoms with Crippen molar-refractivity contribution in [3.63, 3.8) is 0 Å². The molecule has 0 aliphatic heterocycles. The van der Waals surface area contributed by atoms with Crippen molar-refractivity contribution in [3.05, 3.63) is 29.7 Å². The summed E-state index contributed by atoms with van der Waals surface area (Å²) in [5.41, 5.74) is 1.16. The lowest BCUT2D eigenvalue weighted by molar-refractivity contribution is 0.199. The van der Waals surface area contributed by atoms with Crippen LogP contribution in [0, 0.1) is 6.92 Å². The number of rotatable bonds is 8. The minimum absolute atomic E-state index is 0.235. The third-order valence-electron chi connectivity index (χ3n) is 3.49. The molecule has 0 aromatic carbocycles. The fraction of sp³-hybridized carbons (Fsp3) is 0.643. The van der Waals surface area contributed by atoms with Crippen molar-refractivity contribution in [1.29, 1.82) is 0 Å². The van der Waals surface area contributed by atoms with E-state index in [4.69, 9.17) is 9.26 Å². The maximum Gasteiger partial charge on any atom is 0.240 e. The van der Waals surface area contributed by atoms with E-state index < -0.39 is 0 Å². The van der Waals surface area contributed by atoms with Gasteiger partial charge in [-0.1, -0.05) is 5.16 Å². The summed E-state index contributed by atoms with van der Waals surface area (Å²) in [5, 5.41) is 11.6. The Morgan fingerprint density at radius 2 is 2.24 bits per heavy atom. The van der Waals surface area contributed by atoms with Crippen LogP contribution in [0.25, 0.3) is 0 Å². The molecule has 7 nitrogen and oxygen atoms in total. The van der Waals surface area contributed by atoms with Gasteiger partial charge in [-0.25, -0.2) is 0 Å². The summed E-state index contributed by atoms with van der Waals surface area (Å²) in [5.74, 6) is 1.27. The number of aromatic nitrogens is 4. The molecule has 2 rings (SSSR count). The standard InChI is InChI=1S/C14H23N5O2/c1-10-7-16-19(9-10)12(3)11(2)15-8-14-17-13(18-21-14)5-6-20-4/h7,9,11-12,15H,5-6,8H2,1-4H3/t11-,12-/m0/s1. The number of hydrogen-bond donors (Lipinski definition) is 1. The summed E-state index contributed by atoms with van der Waals surface area (Å²) in [7, 11) is 1.66. The van der Waals surface area contributed by atoms with Crippen LogP contribution < -0.4 is 5.32 Å². The predicted octanol–water partition coefficient (Wildman–Crippen LogP) is 1.50. The molecule has 7 heteroatoms. The molecule has 2 heterocycles. The minimum atomic E-state index is 0.235. The van der Waals surface area contributed by atoms with E-state index >= 15 is 0 Å². The first kappa shape index (κ1) is 15.7. The lowest BCUT2D eigenvalue weighted by atomic mass is 10.2. The van der Waals surface area contributed by atoms with Crippen LogP contribution in [-0.4, -0.2) is 39.7 Å². The van der Waals surface area contributed by atoms with Gasteiger partial charge < -0.3 is 14.6 Å². The van der Waals surface area contributed by atoms with Gasteiger partial charge in [-0.3, -0.25) is 4.68 Å². The Hall–Kier alpha value is -1.73. The Morgan fingerprint density at radius 3 is 2.90 bits per heavy atom. The average molecular weight is 293 g/mol. The van der Waals surface area contributed by atoms with Gasteiger partial charge in [-0.15, -0.1) is 0 Å². The molecule has 0 radical (unpaired) electrons. The van der Waals surface area contributed by atoms with E-state index in [0.717, 1.165) is 5.56 Å². The van der Waals surface area contributed by atoms with Crippen LogP contribution in [0.1, 0.15) is 37.2 Å². The molecule has 0 saturated carbocycles. The van der Waals surface area contributed by atoms with E-state index in [2.05, 4.69) is 34.4 Å². The Morgan fingerprint density at radius 1 is 1.43 bits per heavy atom. The van der Waals surface area contributed by atoms with Gasteiger partial charge in [-0.05, 0) is 26.3 Å². The molecule has 0 fully saturated rings. The topological polar surface area (TPSA) is 78.0 Å². The fourth-order valence-electron chi connectivity index (χ4n) is 1.96. The quantitative estimate of drug-likeness (QED) is 0.794. The van der Waals surface area contributed by atoms with Gasteiger partial charge >= 0.3 is 0 Å². The van der Waals surface area contributed by atoms with Crippen LogP contribution in [0.3, 0.4) is 0 Å². The third kappa shape index (κ3) is 4.37. The highest BCUT2D eigenvalue weighted by Gasteiger charge is 2.15. The van der Waals surface area contributed by atoms with Crippen LogP contribution in [0.2, 0.25) is 0 Å². The number of methoxy groups -OCH3 is 1. The molecule has 1 N–H and O–H groups in total. The van der Waals surface area contributed by atoms with Crippen molar-refractivity contribution in [2.75, 3.05) is 13.7 Å². The summed E-state index contributed by atoms with van der Waals surface area (Å²) < 4.78 is 12.2. The maximum absolute atomic E-state index is 5.20. The fourth-order valence-corrected chi connectivity index (χ4v) is 1.96. The first-order valence-electron chi connectivity index (χ1n) is 7.14. The Kier molecular flexibility index (Phi) is 5.46. The third-order valence-corrected chi connectivity index (χ3v) is 3.49. The maximum atomic E-state index is 5.20. The highest BCUT2D eigenvalue weighted by Crippen LogP contribution is 2.11. The van der Waals surface area contributed by atoms with Crippen molar-refractivity contribution < 1.29 is 9.26 Å². The molecule has 2 aromatic rings. The van der Waals surface area contributed by atoms with Crippen LogP contribution in [-0.2, 0) is 17.7 Å². The SMILES string of the molecule is COCCc1noc(CN[C@@H](C)[C@H](C)n2cc(C)cn2)n1. The Balaban J connectivity index is 1.83. The second kappa shape index (κ2) is 7.33. The molecule has 2 atom stereocenters. The minimum Gasteiger partial charge on any atom is -0.384 e. The zero-order valence-electron chi connectivity index (χ0n) is 13.0. The van der Waals surface area contributed by atoms with E-state index in [0.29, 0.717) is 31.3 Å². The molecule has 0 aliphatic rings. The van der Waals surface area contributed by atoms with Gasteiger partial charge in [0.05, 0.1) is 25.4 Å². The number of nitrogens with one attached hydrogen (secondary N) is 1. The van der Waals surface area contributed by atoms with Crippen molar-refractivity contribution in [3.8, 4) is 0 Å². The van der Waals surface area contributed by atoms with E-state index in [9.17, 15) is 0 Å². The zero-order valence-corrected chi connectivity index (χ0v) is 13.0. The molecule has 0 unspecified atom stereocenters. The van der Waals surface area contributed by atoms with Crippen LogP contribution in [0.5, 0.6) is 0 Å². The number of nitrogens with zero attached hydrogens (tertiary/aromatic N) is 4. The van der Waals surface area contributed by atoms with E-state index in [1.54, 1.807) is 7.11 Å². The summed E-state index contributed by atoms with van der Waals surface area (Å²) in [6.07, 6.45) is 4.57. The Labute approximate surface area is 124 Å². The molecule has 21 heavy (non-hydrogen) atoms. The van der Waals surface area contributed by atoms with Gasteiger partial charge in [0.25, 0.3) is 0 Å². The largest absolute Gasteiger partial charge is 0.384 e. The number of hydrogen-bond acceptors (Lipinski definition) is 6. The molecule has 0 spiro atoms. The van der Waals surface area contributed by atoms with E-state index in [-0.39, 0.29) is 12.1 Å². The van der Waals surface area contributed by atoms with Crippen LogP contribution in [0.15, 0.2) is 16.9 Å². The first-order valence-corrected chi connectivity index (χ1v) is 7.14. The molecular weight excluding hydrogens is 270 g/mol. The van der Waals surface area contributed by atoms with Crippen molar-refractivity contribution in [2.45, 2.75) is 45.8 Å². The van der Waals surface area contributed by atoms with Gasteiger partial charge in [-0.2, -0.15) is 10.1 Å². The number of ether oxygens (including phenoxy) is 1. The van der Waals surface area contributed by atoms with Gasteiger partial charge in [0, 0.05) is 25.8 Å². The van der Waals surface area contributed by atoms with Gasteiger partial charge in [0.15, 0.2) is 5.82 Å². The average Bonchev–Trinajstić information content (AvgIpc) is 3.10. The monoisotopic (exact) mass is 293 g/mol. The van der Waals surface area contributed by atoms with Gasteiger partial charge in [0.1, 0.15) is 0 Å². The molecular formula is C14H23N5O2. The highest BCUT2D eigenvalue weighted by atomic mass is 16.5. The summed E-state index contributed by atoms with van der Waals surface area (Å²) in [6.45, 7) is 7.42. The molecule has 0 aliphatic carbocycles. The summed E-state index contributed by atoms with van der Waals surface area (Å²) >= 11 is 0. The smallest absolute Gasteiger partial charge is 0.240 e. The van der Waals surface area contributed by atoms with Crippen LogP contribution in [0.4, 0.5) is 0 Å². The van der Waals surface area contributed by atoms with E-state index in [1.165, 1.54) is 0 Å². The number of aryl methyl sites for hydroxylation is 1. The molecule has 0 saturated heterocycles. The molecule has 2 aromatic heterocycles. The zero-order chi connectivity index (χ0) is 15.2. The van der Waals surface area contributed by atoms with Crippen molar-refractivity contribution >= 4 is 0 Å². The van der Waals surface area contributed by atoms with Crippen molar-refractivity contribution in [1.82, 2.24) is 25.2 Å². The van der Waals surface area contributed by atoms with Crippen LogP contribution >= 0.6 is 0 Å². The molecule has 0 amide bonds.